The van der Waals surface area contributed by atoms with Gasteiger partial charge >= 0.3 is 0 Å². The normalized spacial score (nSPS) is 10.6. The number of benzene rings is 1. The van der Waals surface area contributed by atoms with Gasteiger partial charge in [0, 0.05) is 42.0 Å². The van der Waals surface area contributed by atoms with Crippen LogP contribution < -0.4 is 5.32 Å². The number of rotatable bonds is 8. The number of amides is 1. The first kappa shape index (κ1) is 17.2. The third-order valence-electron chi connectivity index (χ3n) is 3.64. The van der Waals surface area contributed by atoms with Gasteiger partial charge in [-0.3, -0.25) is 14.5 Å². The Bertz CT molecular complexity index is 789. The van der Waals surface area contributed by atoms with E-state index >= 15 is 0 Å². The van der Waals surface area contributed by atoms with Gasteiger partial charge in [-0.1, -0.05) is 36.4 Å². The van der Waals surface area contributed by atoms with Gasteiger partial charge in [-0.2, -0.15) is 5.10 Å². The lowest BCUT2D eigenvalue weighted by Crippen LogP contribution is -2.28. The number of nitrogens with one attached hydrogen (secondary N) is 1. The largest absolute Gasteiger partial charge is 0.354 e. The standard InChI is InChI=1S/C19H20N4OS/c24-19(15-25-14-16-5-2-1-3-6-16)21-9-10-23-13-18(12-22-23)17-7-4-8-20-11-17/h1-8,11-13H,9-10,14-15H2,(H,21,24). The molecule has 0 fully saturated rings. The van der Waals surface area contributed by atoms with Crippen molar-refractivity contribution < 1.29 is 4.79 Å². The minimum Gasteiger partial charge on any atom is -0.354 e. The molecule has 0 saturated heterocycles. The minimum atomic E-state index is 0.0561. The van der Waals surface area contributed by atoms with Crippen molar-refractivity contribution in [1.82, 2.24) is 20.1 Å². The Labute approximate surface area is 151 Å². The Morgan fingerprint density at radius 3 is 2.76 bits per heavy atom. The van der Waals surface area contributed by atoms with Crippen molar-refractivity contribution in [3.05, 3.63) is 72.8 Å². The van der Waals surface area contributed by atoms with Crippen molar-refractivity contribution in [3.63, 3.8) is 0 Å². The summed E-state index contributed by atoms with van der Waals surface area (Å²) in [5.74, 6) is 1.37. The highest BCUT2D eigenvalue weighted by Gasteiger charge is 2.04. The molecule has 6 heteroatoms. The molecule has 3 aromatic rings. The fourth-order valence-corrected chi connectivity index (χ4v) is 3.18. The molecule has 0 atom stereocenters. The van der Waals surface area contributed by atoms with E-state index < -0.39 is 0 Å². The van der Waals surface area contributed by atoms with E-state index in [2.05, 4.69) is 27.5 Å². The minimum absolute atomic E-state index is 0.0561. The summed E-state index contributed by atoms with van der Waals surface area (Å²) in [6.07, 6.45) is 7.34. The molecule has 0 aliphatic carbocycles. The molecule has 0 radical (unpaired) electrons. The first-order valence-corrected chi connectivity index (χ1v) is 9.28. The van der Waals surface area contributed by atoms with Gasteiger partial charge in [0.2, 0.25) is 5.91 Å². The van der Waals surface area contributed by atoms with Gasteiger partial charge in [0.05, 0.1) is 18.5 Å². The van der Waals surface area contributed by atoms with E-state index in [1.54, 1.807) is 18.0 Å². The molecular weight excluding hydrogens is 332 g/mol. The molecule has 5 nitrogen and oxygen atoms in total. The highest BCUT2D eigenvalue weighted by Crippen LogP contribution is 2.16. The van der Waals surface area contributed by atoms with Crippen LogP contribution in [0.3, 0.4) is 0 Å². The summed E-state index contributed by atoms with van der Waals surface area (Å²) in [4.78, 5) is 16.0. The van der Waals surface area contributed by atoms with Crippen LogP contribution in [-0.2, 0) is 17.1 Å². The molecule has 0 aliphatic heterocycles. The van der Waals surface area contributed by atoms with E-state index in [4.69, 9.17) is 0 Å². The van der Waals surface area contributed by atoms with Crippen LogP contribution in [0.5, 0.6) is 0 Å². The first-order chi connectivity index (χ1) is 12.3. The quantitative estimate of drug-likeness (QED) is 0.677. The molecule has 128 valence electrons. The fourth-order valence-electron chi connectivity index (χ4n) is 2.37. The van der Waals surface area contributed by atoms with Gasteiger partial charge in [-0.25, -0.2) is 0 Å². The van der Waals surface area contributed by atoms with Crippen LogP contribution >= 0.6 is 11.8 Å². The van der Waals surface area contributed by atoms with Crippen LogP contribution in [0, 0.1) is 0 Å². The molecule has 3 rings (SSSR count). The Kier molecular flexibility index (Phi) is 6.23. The summed E-state index contributed by atoms with van der Waals surface area (Å²) < 4.78 is 1.83. The fraction of sp³-hybridized carbons (Fsp3) is 0.211. The lowest BCUT2D eigenvalue weighted by Gasteiger charge is -2.05. The van der Waals surface area contributed by atoms with Crippen molar-refractivity contribution in [2.24, 2.45) is 0 Å². The summed E-state index contributed by atoms with van der Waals surface area (Å²) >= 11 is 1.62. The Balaban J connectivity index is 1.36. The first-order valence-electron chi connectivity index (χ1n) is 8.12. The summed E-state index contributed by atoms with van der Waals surface area (Å²) in [6, 6.07) is 14.1. The van der Waals surface area contributed by atoms with E-state index in [9.17, 15) is 4.79 Å². The zero-order valence-corrected chi connectivity index (χ0v) is 14.7. The van der Waals surface area contributed by atoms with Crippen LogP contribution in [0.25, 0.3) is 11.1 Å². The lowest BCUT2D eigenvalue weighted by molar-refractivity contribution is -0.118. The predicted octanol–water partition coefficient (Wildman–Crippen LogP) is 2.99. The molecule has 2 heterocycles. The molecular formula is C19H20N4OS. The number of carbonyl (C=O) groups is 1. The van der Waals surface area contributed by atoms with E-state index in [1.807, 2.05) is 53.6 Å². The average Bonchev–Trinajstić information content (AvgIpc) is 3.12. The lowest BCUT2D eigenvalue weighted by atomic mass is 10.2. The van der Waals surface area contributed by atoms with Gasteiger partial charge in [-0.05, 0) is 11.6 Å². The van der Waals surface area contributed by atoms with Crippen LogP contribution in [-0.4, -0.2) is 33.0 Å². The topological polar surface area (TPSA) is 59.8 Å². The zero-order chi connectivity index (χ0) is 17.3. The van der Waals surface area contributed by atoms with Gasteiger partial charge in [0.1, 0.15) is 0 Å². The summed E-state index contributed by atoms with van der Waals surface area (Å²) in [7, 11) is 0. The maximum Gasteiger partial charge on any atom is 0.230 e. The van der Waals surface area contributed by atoms with Crippen molar-refractivity contribution >= 4 is 17.7 Å². The number of thioether (sulfide) groups is 1. The van der Waals surface area contributed by atoms with E-state index in [0.717, 1.165) is 16.9 Å². The second-order valence-corrected chi connectivity index (χ2v) is 6.55. The van der Waals surface area contributed by atoms with Crippen molar-refractivity contribution in [3.8, 4) is 11.1 Å². The van der Waals surface area contributed by atoms with E-state index in [0.29, 0.717) is 18.8 Å². The van der Waals surface area contributed by atoms with Gasteiger partial charge in [-0.15, -0.1) is 11.8 Å². The second kappa shape index (κ2) is 9.03. The third kappa shape index (κ3) is 5.46. The highest BCUT2D eigenvalue weighted by molar-refractivity contribution is 7.99. The highest BCUT2D eigenvalue weighted by atomic mass is 32.2. The summed E-state index contributed by atoms with van der Waals surface area (Å²) in [6.45, 7) is 1.22. The molecule has 0 aliphatic rings. The molecule has 0 saturated carbocycles. The van der Waals surface area contributed by atoms with Crippen LogP contribution in [0.2, 0.25) is 0 Å². The molecule has 0 spiro atoms. The molecule has 1 N–H and O–H groups in total. The third-order valence-corrected chi connectivity index (χ3v) is 4.64. The van der Waals surface area contributed by atoms with Gasteiger partial charge in [0.25, 0.3) is 0 Å². The Morgan fingerprint density at radius 2 is 1.96 bits per heavy atom. The maximum atomic E-state index is 11.9. The van der Waals surface area contributed by atoms with Gasteiger partial charge in [0.15, 0.2) is 0 Å². The molecule has 1 amide bonds. The average molecular weight is 352 g/mol. The van der Waals surface area contributed by atoms with Crippen molar-refractivity contribution in [2.45, 2.75) is 12.3 Å². The van der Waals surface area contributed by atoms with Crippen molar-refractivity contribution in [1.29, 1.82) is 0 Å². The SMILES string of the molecule is O=C(CSCc1ccccc1)NCCn1cc(-c2cccnc2)cn1. The predicted molar refractivity (Wildman–Crippen MR) is 101 cm³/mol. The number of aromatic nitrogens is 3. The summed E-state index contributed by atoms with van der Waals surface area (Å²) in [5.41, 5.74) is 3.30. The Hall–Kier alpha value is -2.60. The number of nitrogens with zero attached hydrogens (tertiary/aromatic N) is 3. The molecule has 2 aromatic heterocycles. The van der Waals surface area contributed by atoms with Gasteiger partial charge < -0.3 is 5.32 Å². The van der Waals surface area contributed by atoms with Crippen LogP contribution in [0.15, 0.2) is 67.3 Å². The molecule has 0 unspecified atom stereocenters. The number of pyridine rings is 1. The number of hydrogen-bond donors (Lipinski definition) is 1. The zero-order valence-electron chi connectivity index (χ0n) is 13.8. The smallest absolute Gasteiger partial charge is 0.230 e. The van der Waals surface area contributed by atoms with E-state index in [1.165, 1.54) is 5.56 Å². The summed E-state index contributed by atoms with van der Waals surface area (Å²) in [5, 5.41) is 7.26. The molecule has 25 heavy (non-hydrogen) atoms. The monoisotopic (exact) mass is 352 g/mol. The van der Waals surface area contributed by atoms with Crippen LogP contribution in [0.4, 0.5) is 0 Å². The number of carbonyl (C=O) groups excluding carboxylic acids is 1. The molecule has 1 aromatic carbocycles. The maximum absolute atomic E-state index is 11.9. The van der Waals surface area contributed by atoms with Crippen molar-refractivity contribution in [2.75, 3.05) is 12.3 Å². The number of hydrogen-bond acceptors (Lipinski definition) is 4. The molecule has 0 bridgehead atoms. The van der Waals surface area contributed by atoms with Crippen LogP contribution in [0.1, 0.15) is 5.56 Å². The second-order valence-electron chi connectivity index (χ2n) is 5.56. The van der Waals surface area contributed by atoms with E-state index in [-0.39, 0.29) is 5.91 Å². The Morgan fingerprint density at radius 1 is 1.08 bits per heavy atom.